The van der Waals surface area contributed by atoms with Crippen LogP contribution in [0.1, 0.15) is 5.82 Å². The van der Waals surface area contributed by atoms with E-state index in [0.29, 0.717) is 12.4 Å². The standard InChI is InChI=1S/C15H12N6OS/c22-15-19-12(20-21-15)7-16-13-10-6-11(9-4-2-1-3-5-9)23-14(10)18-8-17-13/h1-6,8H,7H2,(H,16,17,18)(H2,19,20,21,22). The van der Waals surface area contributed by atoms with Gasteiger partial charge in [0.05, 0.1) is 11.9 Å². The maximum Gasteiger partial charge on any atom is 0.340 e. The van der Waals surface area contributed by atoms with Crippen LogP contribution in [-0.4, -0.2) is 25.1 Å². The molecule has 8 heteroatoms. The third kappa shape index (κ3) is 2.71. The number of benzene rings is 1. The number of hydrogen-bond acceptors (Lipinski definition) is 6. The van der Waals surface area contributed by atoms with E-state index in [1.165, 1.54) is 6.33 Å². The van der Waals surface area contributed by atoms with E-state index in [9.17, 15) is 4.79 Å². The zero-order valence-corrected chi connectivity index (χ0v) is 12.7. The van der Waals surface area contributed by atoms with E-state index in [2.05, 4.69) is 48.7 Å². The summed E-state index contributed by atoms with van der Waals surface area (Å²) < 4.78 is 0. The Kier molecular flexibility index (Phi) is 3.35. The molecule has 114 valence electrons. The lowest BCUT2D eigenvalue weighted by atomic mass is 10.2. The molecule has 4 aromatic rings. The Bertz CT molecular complexity index is 1000. The number of rotatable bonds is 4. The van der Waals surface area contributed by atoms with Crippen LogP contribution >= 0.6 is 11.3 Å². The number of aromatic amines is 2. The molecule has 0 bridgehead atoms. The van der Waals surface area contributed by atoms with Gasteiger partial charge >= 0.3 is 5.69 Å². The van der Waals surface area contributed by atoms with E-state index < -0.39 is 0 Å². The third-order valence-electron chi connectivity index (χ3n) is 3.36. The largest absolute Gasteiger partial charge is 0.362 e. The predicted octanol–water partition coefficient (Wildman–Crippen LogP) is 2.38. The van der Waals surface area contributed by atoms with E-state index in [1.54, 1.807) is 11.3 Å². The van der Waals surface area contributed by atoms with Gasteiger partial charge in [-0.3, -0.25) is 4.98 Å². The number of nitrogens with one attached hydrogen (secondary N) is 3. The molecule has 4 rings (SSSR count). The maximum atomic E-state index is 11.0. The summed E-state index contributed by atoms with van der Waals surface area (Å²) in [5.74, 6) is 1.25. The quantitative estimate of drug-likeness (QED) is 0.535. The second-order valence-electron chi connectivity index (χ2n) is 4.90. The van der Waals surface area contributed by atoms with Gasteiger partial charge in [-0.2, -0.15) is 5.10 Å². The second-order valence-corrected chi connectivity index (χ2v) is 5.93. The van der Waals surface area contributed by atoms with Crippen LogP contribution in [0.4, 0.5) is 5.82 Å². The lowest BCUT2D eigenvalue weighted by molar-refractivity contribution is 0.947. The fourth-order valence-electron chi connectivity index (χ4n) is 2.30. The molecule has 3 heterocycles. The number of thiophene rings is 1. The summed E-state index contributed by atoms with van der Waals surface area (Å²) in [5.41, 5.74) is 0.828. The molecule has 0 aliphatic heterocycles. The lowest BCUT2D eigenvalue weighted by Gasteiger charge is -2.03. The van der Waals surface area contributed by atoms with E-state index in [1.807, 2.05) is 18.2 Å². The third-order valence-corrected chi connectivity index (χ3v) is 4.45. The van der Waals surface area contributed by atoms with Crippen molar-refractivity contribution in [3.05, 3.63) is 59.0 Å². The SMILES string of the molecule is O=c1[nH]nc(CNc2ncnc3sc(-c4ccccc4)cc23)[nH]1. The second kappa shape index (κ2) is 5.65. The number of nitrogens with zero attached hydrogens (tertiary/aromatic N) is 3. The van der Waals surface area contributed by atoms with Crippen LogP contribution in [-0.2, 0) is 6.54 Å². The Morgan fingerprint density at radius 2 is 2.04 bits per heavy atom. The van der Waals surface area contributed by atoms with Crippen LogP contribution in [0.3, 0.4) is 0 Å². The minimum atomic E-state index is -0.323. The fourth-order valence-corrected chi connectivity index (χ4v) is 3.30. The number of fused-ring (bicyclic) bond motifs is 1. The van der Waals surface area contributed by atoms with E-state index in [4.69, 9.17) is 0 Å². The predicted molar refractivity (Wildman–Crippen MR) is 89.4 cm³/mol. The average Bonchev–Trinajstić information content (AvgIpc) is 3.20. The first kappa shape index (κ1) is 13.6. The molecule has 3 N–H and O–H groups in total. The first-order valence-electron chi connectivity index (χ1n) is 6.97. The monoisotopic (exact) mass is 324 g/mol. The fraction of sp³-hybridized carbons (Fsp3) is 0.0667. The Labute approximate surface area is 134 Å². The summed E-state index contributed by atoms with van der Waals surface area (Å²) in [7, 11) is 0. The van der Waals surface area contributed by atoms with Gasteiger partial charge in [-0.05, 0) is 11.6 Å². The Hall–Kier alpha value is -3.00. The van der Waals surface area contributed by atoms with Crippen LogP contribution in [0.25, 0.3) is 20.7 Å². The molecule has 7 nitrogen and oxygen atoms in total. The van der Waals surface area contributed by atoms with Crippen molar-refractivity contribution in [1.29, 1.82) is 0 Å². The van der Waals surface area contributed by atoms with Gasteiger partial charge in [-0.15, -0.1) is 11.3 Å². The summed E-state index contributed by atoms with van der Waals surface area (Å²) in [6, 6.07) is 12.2. The smallest absolute Gasteiger partial charge is 0.340 e. The first-order valence-corrected chi connectivity index (χ1v) is 7.78. The molecule has 23 heavy (non-hydrogen) atoms. The van der Waals surface area contributed by atoms with Crippen LogP contribution in [0.5, 0.6) is 0 Å². The van der Waals surface area contributed by atoms with Crippen molar-refractivity contribution >= 4 is 27.4 Å². The highest BCUT2D eigenvalue weighted by Gasteiger charge is 2.10. The zero-order valence-electron chi connectivity index (χ0n) is 11.9. The molecule has 0 amide bonds. The van der Waals surface area contributed by atoms with Crippen molar-refractivity contribution in [2.45, 2.75) is 6.54 Å². The van der Waals surface area contributed by atoms with Crippen molar-refractivity contribution in [1.82, 2.24) is 25.1 Å². The first-order chi connectivity index (χ1) is 11.3. The van der Waals surface area contributed by atoms with Gasteiger partial charge in [0.15, 0.2) is 0 Å². The number of aromatic nitrogens is 5. The van der Waals surface area contributed by atoms with Crippen molar-refractivity contribution in [2.24, 2.45) is 0 Å². The Balaban J connectivity index is 1.67. The van der Waals surface area contributed by atoms with Crippen molar-refractivity contribution in [2.75, 3.05) is 5.32 Å². The number of H-pyrrole nitrogens is 2. The molecule has 0 fully saturated rings. The van der Waals surface area contributed by atoms with E-state index in [0.717, 1.165) is 26.5 Å². The maximum absolute atomic E-state index is 11.0. The highest BCUT2D eigenvalue weighted by molar-refractivity contribution is 7.21. The minimum Gasteiger partial charge on any atom is -0.362 e. The molecule has 0 saturated heterocycles. The van der Waals surface area contributed by atoms with E-state index >= 15 is 0 Å². The molecule has 0 aliphatic carbocycles. The molecular formula is C15H12N6OS. The van der Waals surface area contributed by atoms with Gasteiger partial charge in [0, 0.05) is 4.88 Å². The topological polar surface area (TPSA) is 99.3 Å². The van der Waals surface area contributed by atoms with Crippen molar-refractivity contribution < 1.29 is 0 Å². The lowest BCUT2D eigenvalue weighted by Crippen LogP contribution is -2.05. The van der Waals surface area contributed by atoms with Crippen LogP contribution in [0.15, 0.2) is 47.5 Å². The summed E-state index contributed by atoms with van der Waals surface area (Å²) in [6.45, 7) is 0.376. The number of hydrogen-bond donors (Lipinski definition) is 3. The molecule has 0 spiro atoms. The zero-order chi connectivity index (χ0) is 15.6. The Morgan fingerprint density at radius 1 is 1.17 bits per heavy atom. The summed E-state index contributed by atoms with van der Waals surface area (Å²) >= 11 is 1.62. The molecule has 0 unspecified atom stereocenters. The van der Waals surface area contributed by atoms with E-state index in [-0.39, 0.29) is 5.69 Å². The normalized spacial score (nSPS) is 11.0. The summed E-state index contributed by atoms with van der Waals surface area (Å²) in [5, 5.41) is 10.3. The van der Waals surface area contributed by atoms with Gasteiger partial charge in [-0.1, -0.05) is 30.3 Å². The van der Waals surface area contributed by atoms with Crippen LogP contribution in [0.2, 0.25) is 0 Å². The van der Waals surface area contributed by atoms with Crippen molar-refractivity contribution in [3.63, 3.8) is 0 Å². The van der Waals surface area contributed by atoms with Gasteiger partial charge < -0.3 is 5.32 Å². The minimum absolute atomic E-state index is 0.323. The van der Waals surface area contributed by atoms with Gasteiger partial charge in [0.1, 0.15) is 22.8 Å². The highest BCUT2D eigenvalue weighted by atomic mass is 32.1. The van der Waals surface area contributed by atoms with Gasteiger partial charge in [0.25, 0.3) is 0 Å². The molecule has 0 aliphatic rings. The molecule has 3 aromatic heterocycles. The number of anilines is 1. The van der Waals surface area contributed by atoms with Gasteiger partial charge in [-0.25, -0.2) is 19.9 Å². The van der Waals surface area contributed by atoms with Crippen molar-refractivity contribution in [3.8, 4) is 10.4 Å². The Morgan fingerprint density at radius 3 is 2.83 bits per heavy atom. The van der Waals surface area contributed by atoms with Gasteiger partial charge in [0.2, 0.25) is 0 Å². The summed E-state index contributed by atoms with van der Waals surface area (Å²) in [6.07, 6.45) is 1.53. The molecule has 0 radical (unpaired) electrons. The highest BCUT2D eigenvalue weighted by Crippen LogP contribution is 2.34. The molecular weight excluding hydrogens is 312 g/mol. The molecule has 1 aromatic carbocycles. The molecule has 0 saturated carbocycles. The average molecular weight is 324 g/mol. The summed E-state index contributed by atoms with van der Waals surface area (Å²) in [4.78, 5) is 24.3. The van der Waals surface area contributed by atoms with Crippen LogP contribution < -0.4 is 11.0 Å². The molecule has 0 atom stereocenters. The van der Waals surface area contributed by atoms with Crippen LogP contribution in [0, 0.1) is 0 Å².